The summed E-state index contributed by atoms with van der Waals surface area (Å²) in [6.45, 7) is 12.1. The molecule has 2 N–H and O–H groups in total. The van der Waals surface area contributed by atoms with Gasteiger partial charge >= 0.3 is 6.09 Å². The van der Waals surface area contributed by atoms with Crippen LogP contribution in [-0.2, 0) is 14.3 Å². The number of nitrogens with one attached hydrogen (secondary N) is 2. The Morgan fingerprint density at radius 3 is 2.25 bits per heavy atom. The fourth-order valence-electron chi connectivity index (χ4n) is 3.32. The van der Waals surface area contributed by atoms with E-state index in [2.05, 4.69) is 24.5 Å². The third-order valence-electron chi connectivity index (χ3n) is 4.98. The summed E-state index contributed by atoms with van der Waals surface area (Å²) in [4.78, 5) is 40.2. The third-order valence-corrected chi connectivity index (χ3v) is 4.98. The van der Waals surface area contributed by atoms with E-state index >= 15 is 0 Å². The highest BCUT2D eigenvalue weighted by atomic mass is 16.6. The zero-order valence-electron chi connectivity index (χ0n) is 20.6. The molecule has 0 radical (unpaired) electrons. The minimum Gasteiger partial charge on any atom is -0.444 e. The molecule has 7 nitrogen and oxygen atoms in total. The number of rotatable bonds is 12. The lowest BCUT2D eigenvalue weighted by Crippen LogP contribution is -2.48. The molecule has 1 atom stereocenters. The monoisotopic (exact) mass is 447 g/mol. The molecule has 32 heavy (non-hydrogen) atoms. The zero-order chi connectivity index (χ0) is 24.1. The average molecular weight is 448 g/mol. The molecule has 0 saturated heterocycles. The summed E-state index contributed by atoms with van der Waals surface area (Å²) in [5.74, 6) is -0.513. The summed E-state index contributed by atoms with van der Waals surface area (Å²) >= 11 is 0. The predicted octanol–water partition coefficient (Wildman–Crippen LogP) is 4.50. The number of amides is 3. The quantitative estimate of drug-likeness (QED) is 0.462. The molecule has 1 rings (SSSR count). The fourth-order valence-corrected chi connectivity index (χ4v) is 3.32. The molecule has 1 unspecified atom stereocenters. The SMILES string of the molecule is CCCCCN(C(=O)CNC(=O)OC(C)(C)C)C(C(=O)NCCCC)c1ccccc1C. The van der Waals surface area contributed by atoms with Crippen LogP contribution in [0.1, 0.15) is 83.9 Å². The van der Waals surface area contributed by atoms with Gasteiger partial charge in [-0.3, -0.25) is 9.59 Å². The Labute approximate surface area is 193 Å². The first-order valence-corrected chi connectivity index (χ1v) is 11.7. The van der Waals surface area contributed by atoms with Crippen molar-refractivity contribution in [2.24, 2.45) is 0 Å². The largest absolute Gasteiger partial charge is 0.444 e. The molecule has 0 aliphatic heterocycles. The van der Waals surface area contributed by atoms with Crippen LogP contribution in [0.5, 0.6) is 0 Å². The van der Waals surface area contributed by atoms with Crippen LogP contribution in [0, 0.1) is 6.92 Å². The van der Waals surface area contributed by atoms with Crippen molar-refractivity contribution >= 4 is 17.9 Å². The molecule has 1 aromatic carbocycles. The van der Waals surface area contributed by atoms with Crippen molar-refractivity contribution in [3.05, 3.63) is 35.4 Å². The summed E-state index contributed by atoms with van der Waals surface area (Å²) < 4.78 is 5.24. The highest BCUT2D eigenvalue weighted by molar-refractivity contribution is 5.90. The summed E-state index contributed by atoms with van der Waals surface area (Å²) in [5.41, 5.74) is 1.08. The van der Waals surface area contributed by atoms with Crippen molar-refractivity contribution in [1.29, 1.82) is 0 Å². The van der Waals surface area contributed by atoms with Gasteiger partial charge in [-0.05, 0) is 51.7 Å². The van der Waals surface area contributed by atoms with Crippen molar-refractivity contribution < 1.29 is 19.1 Å². The Balaban J connectivity index is 3.14. The van der Waals surface area contributed by atoms with Crippen LogP contribution in [0.25, 0.3) is 0 Å². The lowest BCUT2D eigenvalue weighted by Gasteiger charge is -2.32. The Bertz CT molecular complexity index is 743. The van der Waals surface area contributed by atoms with E-state index in [-0.39, 0.29) is 18.4 Å². The van der Waals surface area contributed by atoms with E-state index in [1.54, 1.807) is 25.7 Å². The number of ether oxygens (including phenoxy) is 1. The van der Waals surface area contributed by atoms with Gasteiger partial charge in [0.1, 0.15) is 18.2 Å². The number of aryl methyl sites for hydroxylation is 1. The smallest absolute Gasteiger partial charge is 0.408 e. The molecule has 0 heterocycles. The maximum Gasteiger partial charge on any atom is 0.408 e. The van der Waals surface area contributed by atoms with Gasteiger partial charge in [0.2, 0.25) is 11.8 Å². The normalized spacial score (nSPS) is 12.1. The molecular formula is C25H41N3O4. The molecule has 0 aliphatic carbocycles. The van der Waals surface area contributed by atoms with Crippen molar-refractivity contribution in [3.8, 4) is 0 Å². The van der Waals surface area contributed by atoms with E-state index in [9.17, 15) is 14.4 Å². The lowest BCUT2D eigenvalue weighted by molar-refractivity contribution is -0.140. The number of nitrogens with zero attached hydrogens (tertiary/aromatic N) is 1. The van der Waals surface area contributed by atoms with Gasteiger partial charge in [0.25, 0.3) is 0 Å². The van der Waals surface area contributed by atoms with Gasteiger partial charge in [0.05, 0.1) is 0 Å². The maximum absolute atomic E-state index is 13.3. The number of carbonyl (C=O) groups excluding carboxylic acids is 3. The maximum atomic E-state index is 13.3. The van der Waals surface area contributed by atoms with E-state index in [4.69, 9.17) is 4.74 Å². The molecule has 7 heteroatoms. The van der Waals surface area contributed by atoms with Crippen LogP contribution in [-0.4, -0.2) is 48.0 Å². The van der Waals surface area contributed by atoms with Crippen LogP contribution in [0.15, 0.2) is 24.3 Å². The zero-order valence-corrected chi connectivity index (χ0v) is 20.6. The third kappa shape index (κ3) is 9.71. The topological polar surface area (TPSA) is 87.7 Å². The van der Waals surface area contributed by atoms with Crippen LogP contribution in [0.3, 0.4) is 0 Å². The van der Waals surface area contributed by atoms with Gasteiger partial charge < -0.3 is 20.3 Å². The Morgan fingerprint density at radius 1 is 1.00 bits per heavy atom. The van der Waals surface area contributed by atoms with Gasteiger partial charge in [-0.1, -0.05) is 57.4 Å². The lowest BCUT2D eigenvalue weighted by atomic mass is 9.98. The number of benzene rings is 1. The van der Waals surface area contributed by atoms with Crippen molar-refractivity contribution in [1.82, 2.24) is 15.5 Å². The van der Waals surface area contributed by atoms with Crippen LogP contribution in [0.2, 0.25) is 0 Å². The van der Waals surface area contributed by atoms with Gasteiger partial charge in [0.15, 0.2) is 0 Å². The number of unbranched alkanes of at least 4 members (excludes halogenated alkanes) is 3. The van der Waals surface area contributed by atoms with E-state index in [0.717, 1.165) is 43.2 Å². The summed E-state index contributed by atoms with van der Waals surface area (Å²) in [6.07, 6.45) is 3.90. The second kappa shape index (κ2) is 13.8. The first kappa shape index (κ1) is 27.5. The van der Waals surface area contributed by atoms with Crippen molar-refractivity contribution in [3.63, 3.8) is 0 Å². The molecule has 0 bridgehead atoms. The molecule has 0 aliphatic rings. The van der Waals surface area contributed by atoms with Gasteiger partial charge in [-0.2, -0.15) is 0 Å². The molecule has 0 aromatic heterocycles. The molecule has 0 fully saturated rings. The second-order valence-corrected chi connectivity index (χ2v) is 9.05. The Hall–Kier alpha value is -2.57. The summed E-state index contributed by atoms with van der Waals surface area (Å²) in [7, 11) is 0. The minimum atomic E-state index is -0.752. The molecule has 0 saturated carbocycles. The highest BCUT2D eigenvalue weighted by Crippen LogP contribution is 2.25. The van der Waals surface area contributed by atoms with Crippen LogP contribution < -0.4 is 10.6 Å². The number of carbonyl (C=O) groups is 3. The summed E-state index contributed by atoms with van der Waals surface area (Å²) in [6, 6.07) is 6.87. The van der Waals surface area contributed by atoms with E-state index in [0.29, 0.717) is 13.1 Å². The van der Waals surface area contributed by atoms with Crippen molar-refractivity contribution in [2.45, 2.75) is 85.3 Å². The number of hydrogen-bond donors (Lipinski definition) is 2. The Kier molecular flexibility index (Phi) is 11.8. The molecule has 3 amide bonds. The first-order chi connectivity index (χ1) is 15.1. The fraction of sp³-hybridized carbons (Fsp3) is 0.640. The molecule has 1 aromatic rings. The second-order valence-electron chi connectivity index (χ2n) is 9.05. The molecular weight excluding hydrogens is 406 g/mol. The van der Waals surface area contributed by atoms with Gasteiger partial charge in [-0.25, -0.2) is 4.79 Å². The van der Waals surface area contributed by atoms with Gasteiger partial charge in [-0.15, -0.1) is 0 Å². The Morgan fingerprint density at radius 2 is 1.66 bits per heavy atom. The van der Waals surface area contributed by atoms with E-state index in [1.807, 2.05) is 31.2 Å². The summed E-state index contributed by atoms with van der Waals surface area (Å²) in [5, 5.41) is 5.52. The predicted molar refractivity (Wildman–Crippen MR) is 127 cm³/mol. The van der Waals surface area contributed by atoms with Crippen molar-refractivity contribution in [2.75, 3.05) is 19.6 Å². The van der Waals surface area contributed by atoms with E-state index < -0.39 is 17.7 Å². The highest BCUT2D eigenvalue weighted by Gasteiger charge is 2.32. The van der Waals surface area contributed by atoms with Crippen LogP contribution in [0.4, 0.5) is 4.79 Å². The van der Waals surface area contributed by atoms with Gasteiger partial charge in [0, 0.05) is 13.1 Å². The molecule has 180 valence electrons. The number of hydrogen-bond acceptors (Lipinski definition) is 4. The molecule has 0 spiro atoms. The first-order valence-electron chi connectivity index (χ1n) is 11.7. The van der Waals surface area contributed by atoms with Crippen LogP contribution >= 0.6 is 0 Å². The average Bonchev–Trinajstić information content (AvgIpc) is 2.71. The number of alkyl carbamates (subject to hydrolysis) is 1. The standard InChI is InChI=1S/C25H41N3O4/c1-7-9-13-17-28(21(29)18-27-24(31)32-25(4,5)6)22(23(30)26-16-10-8-2)20-15-12-11-14-19(20)3/h11-12,14-15,22H,7-10,13,16-18H2,1-6H3,(H,26,30)(H,27,31). The minimum absolute atomic E-state index is 0.199. The van der Waals surface area contributed by atoms with E-state index in [1.165, 1.54) is 0 Å².